The third-order valence-corrected chi connectivity index (χ3v) is 6.22. The van der Waals surface area contributed by atoms with Crippen molar-refractivity contribution >= 4 is 29.1 Å². The molecule has 7 heteroatoms. The number of aliphatic carboxylic acids is 1. The van der Waals surface area contributed by atoms with Crippen molar-refractivity contribution in [1.82, 2.24) is 14.7 Å². The van der Waals surface area contributed by atoms with E-state index in [0.29, 0.717) is 10.7 Å². The Kier molecular flexibility index (Phi) is 4.75. The van der Waals surface area contributed by atoms with Crippen molar-refractivity contribution in [2.24, 2.45) is 0 Å². The highest BCUT2D eigenvalue weighted by atomic mass is 35.5. The number of carbonyl (C=O) groups excluding carboxylic acids is 1. The Hall–Kier alpha value is -3.64. The topological polar surface area (TPSA) is 83.7 Å². The van der Waals surface area contributed by atoms with E-state index in [0.717, 1.165) is 27.8 Å². The molecule has 0 bridgehead atoms. The molecule has 1 unspecified atom stereocenters. The molecule has 1 aliphatic rings. The zero-order chi connectivity index (χ0) is 22.5. The lowest BCUT2D eigenvalue weighted by molar-refractivity contribution is -0.144. The molecule has 2 heterocycles. The monoisotopic (exact) mass is 445 g/mol. The van der Waals surface area contributed by atoms with Gasteiger partial charge in [-0.05, 0) is 53.4 Å². The molecule has 4 aromatic rings. The Bertz CT molecular complexity index is 1380. The molecule has 0 saturated carbocycles. The number of carboxylic acids is 1. The number of fused-ring (bicyclic) bond motifs is 2. The van der Waals surface area contributed by atoms with Gasteiger partial charge in [0, 0.05) is 30.3 Å². The number of carboxylic acid groups (broad SMARTS) is 1. The first-order valence-electron chi connectivity index (χ1n) is 10.2. The van der Waals surface area contributed by atoms with Gasteiger partial charge in [-0.1, -0.05) is 47.5 Å². The third-order valence-electron chi connectivity index (χ3n) is 5.97. The zero-order valence-electron chi connectivity index (χ0n) is 17.3. The lowest BCUT2D eigenvalue weighted by atomic mass is 9.95. The summed E-state index contributed by atoms with van der Waals surface area (Å²) in [5.74, 6) is -1.55. The van der Waals surface area contributed by atoms with Gasteiger partial charge in [-0.15, -0.1) is 0 Å². The zero-order valence-corrected chi connectivity index (χ0v) is 18.1. The Morgan fingerprint density at radius 3 is 2.47 bits per heavy atom. The van der Waals surface area contributed by atoms with Gasteiger partial charge >= 0.3 is 5.97 Å². The summed E-state index contributed by atoms with van der Waals surface area (Å²) in [6.07, 6.45) is 3.99. The number of aromatic nitrogens is 2. The summed E-state index contributed by atoms with van der Waals surface area (Å²) < 4.78 is 1.76. The van der Waals surface area contributed by atoms with Crippen LogP contribution in [0.25, 0.3) is 16.8 Å². The van der Waals surface area contributed by atoms with Crippen molar-refractivity contribution in [2.75, 3.05) is 0 Å². The highest BCUT2D eigenvalue weighted by Crippen LogP contribution is 2.31. The third kappa shape index (κ3) is 3.52. The van der Waals surface area contributed by atoms with E-state index in [2.05, 4.69) is 10.3 Å². The number of aryl methyl sites for hydroxylation is 1. The number of benzene rings is 2. The molecule has 5 rings (SSSR count). The van der Waals surface area contributed by atoms with Gasteiger partial charge in [0.2, 0.25) is 0 Å². The van der Waals surface area contributed by atoms with E-state index in [1.807, 2.05) is 67.7 Å². The van der Waals surface area contributed by atoms with Crippen LogP contribution in [0.1, 0.15) is 27.2 Å². The lowest BCUT2D eigenvalue weighted by Gasteiger charge is -2.25. The van der Waals surface area contributed by atoms with Crippen LogP contribution in [-0.2, 0) is 17.6 Å². The molecule has 0 spiro atoms. The predicted molar refractivity (Wildman–Crippen MR) is 122 cm³/mol. The van der Waals surface area contributed by atoms with Crippen molar-refractivity contribution < 1.29 is 14.7 Å². The second-order valence-electron chi connectivity index (χ2n) is 8.28. The summed E-state index contributed by atoms with van der Waals surface area (Å²) in [5.41, 5.74) is 4.29. The average molecular weight is 446 g/mol. The minimum Gasteiger partial charge on any atom is -0.479 e. The molecular weight excluding hydrogens is 426 g/mol. The Morgan fingerprint density at radius 2 is 1.72 bits per heavy atom. The number of rotatable bonds is 4. The summed E-state index contributed by atoms with van der Waals surface area (Å²) in [4.78, 5) is 29.6. The first-order chi connectivity index (χ1) is 15.3. The molecule has 0 fully saturated rings. The standard InChI is InChI=1S/C25H20ClN3O3/c1-15-2-3-17-11-25(24(31)32,12-19(17)10-15)28-23(30)21-14-29-13-18(6-9-22(29)27-21)16-4-7-20(26)8-5-16/h2-10,13-14H,11-12H2,1H3,(H,28,30)(H,31,32). The normalized spacial score (nSPS) is 17.3. The van der Waals surface area contributed by atoms with Crippen molar-refractivity contribution in [1.29, 1.82) is 0 Å². The SMILES string of the molecule is Cc1ccc2c(c1)CC(NC(=O)c1cn3cc(-c4ccc(Cl)cc4)ccc3n1)(C(=O)O)C2. The molecular formula is C25H20ClN3O3. The highest BCUT2D eigenvalue weighted by Gasteiger charge is 2.45. The minimum atomic E-state index is -1.38. The van der Waals surface area contributed by atoms with Gasteiger partial charge in [-0.2, -0.15) is 0 Å². The minimum absolute atomic E-state index is 0.172. The molecule has 2 aromatic heterocycles. The van der Waals surface area contributed by atoms with Crippen LogP contribution in [-0.4, -0.2) is 31.9 Å². The molecule has 1 atom stereocenters. The summed E-state index contributed by atoms with van der Waals surface area (Å²) in [6.45, 7) is 1.97. The number of halogens is 1. The number of nitrogens with zero attached hydrogens (tertiary/aromatic N) is 2. The molecule has 0 radical (unpaired) electrons. The average Bonchev–Trinajstić information content (AvgIpc) is 3.35. The van der Waals surface area contributed by atoms with E-state index in [9.17, 15) is 14.7 Å². The molecule has 2 N–H and O–H groups in total. The van der Waals surface area contributed by atoms with Crippen LogP contribution in [0.4, 0.5) is 0 Å². The van der Waals surface area contributed by atoms with Crippen LogP contribution in [0.3, 0.4) is 0 Å². The Labute approximate surface area is 189 Å². The van der Waals surface area contributed by atoms with Crippen LogP contribution < -0.4 is 5.32 Å². The highest BCUT2D eigenvalue weighted by molar-refractivity contribution is 6.30. The van der Waals surface area contributed by atoms with Gasteiger partial charge in [0.1, 0.15) is 16.9 Å². The maximum absolute atomic E-state index is 13.0. The molecule has 2 aromatic carbocycles. The maximum Gasteiger partial charge on any atom is 0.330 e. The molecule has 1 aliphatic carbocycles. The molecule has 32 heavy (non-hydrogen) atoms. The van der Waals surface area contributed by atoms with Gasteiger partial charge in [0.25, 0.3) is 5.91 Å². The van der Waals surface area contributed by atoms with Gasteiger partial charge in [0.05, 0.1) is 0 Å². The van der Waals surface area contributed by atoms with Crippen molar-refractivity contribution in [2.45, 2.75) is 25.3 Å². The van der Waals surface area contributed by atoms with Crippen LogP contribution in [0, 0.1) is 6.92 Å². The van der Waals surface area contributed by atoms with Gasteiger partial charge in [-0.25, -0.2) is 9.78 Å². The fraction of sp³-hybridized carbons (Fsp3) is 0.160. The number of hydrogen-bond donors (Lipinski definition) is 2. The fourth-order valence-electron chi connectivity index (χ4n) is 4.29. The molecule has 0 saturated heterocycles. The second-order valence-corrected chi connectivity index (χ2v) is 8.72. The van der Waals surface area contributed by atoms with E-state index >= 15 is 0 Å². The van der Waals surface area contributed by atoms with Crippen molar-refractivity contribution in [3.05, 3.63) is 94.4 Å². The van der Waals surface area contributed by atoms with E-state index < -0.39 is 17.4 Å². The quantitative estimate of drug-likeness (QED) is 0.490. The van der Waals surface area contributed by atoms with E-state index in [1.165, 1.54) is 0 Å². The number of nitrogens with one attached hydrogen (secondary N) is 1. The maximum atomic E-state index is 13.0. The summed E-state index contributed by atoms with van der Waals surface area (Å²) in [5, 5.41) is 13.4. The molecule has 160 valence electrons. The largest absolute Gasteiger partial charge is 0.479 e. The predicted octanol–water partition coefficient (Wildman–Crippen LogP) is 4.32. The first kappa shape index (κ1) is 20.3. The van der Waals surface area contributed by atoms with Gasteiger partial charge < -0.3 is 14.8 Å². The van der Waals surface area contributed by atoms with Crippen LogP contribution >= 0.6 is 11.6 Å². The van der Waals surface area contributed by atoms with Crippen molar-refractivity contribution in [3.63, 3.8) is 0 Å². The number of amides is 1. The Morgan fingerprint density at radius 1 is 1.00 bits per heavy atom. The van der Waals surface area contributed by atoms with E-state index in [4.69, 9.17) is 11.6 Å². The van der Waals surface area contributed by atoms with Crippen LogP contribution in [0.2, 0.25) is 5.02 Å². The number of carbonyl (C=O) groups is 2. The molecule has 0 aliphatic heterocycles. The van der Waals surface area contributed by atoms with Gasteiger partial charge in [-0.3, -0.25) is 4.79 Å². The van der Waals surface area contributed by atoms with Gasteiger partial charge in [0.15, 0.2) is 0 Å². The molecule has 1 amide bonds. The van der Waals surface area contributed by atoms with Crippen LogP contribution in [0.5, 0.6) is 0 Å². The Balaban J connectivity index is 1.43. The first-order valence-corrected chi connectivity index (χ1v) is 10.6. The summed E-state index contributed by atoms with van der Waals surface area (Å²) in [7, 11) is 0. The summed E-state index contributed by atoms with van der Waals surface area (Å²) in [6, 6.07) is 17.1. The molecule has 6 nitrogen and oxygen atoms in total. The summed E-state index contributed by atoms with van der Waals surface area (Å²) >= 11 is 5.97. The van der Waals surface area contributed by atoms with E-state index in [-0.39, 0.29) is 18.5 Å². The lowest BCUT2D eigenvalue weighted by Crippen LogP contribution is -2.55. The van der Waals surface area contributed by atoms with E-state index in [1.54, 1.807) is 10.6 Å². The number of pyridine rings is 1. The van der Waals surface area contributed by atoms with Crippen molar-refractivity contribution in [3.8, 4) is 11.1 Å². The number of imidazole rings is 1. The van der Waals surface area contributed by atoms with Crippen LogP contribution in [0.15, 0.2) is 67.0 Å². The smallest absolute Gasteiger partial charge is 0.330 e. The fourth-order valence-corrected chi connectivity index (χ4v) is 4.42. The number of hydrogen-bond acceptors (Lipinski definition) is 3. The second kappa shape index (κ2) is 7.50.